The van der Waals surface area contributed by atoms with Crippen molar-refractivity contribution < 1.29 is 14.0 Å². The third-order valence-electron chi connectivity index (χ3n) is 4.80. The van der Waals surface area contributed by atoms with Gasteiger partial charge in [-0.1, -0.05) is 36.4 Å². The maximum Gasteiger partial charge on any atom is 0.322 e. The highest BCUT2D eigenvalue weighted by Crippen LogP contribution is 2.21. The summed E-state index contributed by atoms with van der Waals surface area (Å²) in [4.78, 5) is 27.0. The molecule has 5 nitrogen and oxygen atoms in total. The van der Waals surface area contributed by atoms with E-state index in [4.69, 9.17) is 0 Å². The van der Waals surface area contributed by atoms with Crippen LogP contribution in [-0.2, 0) is 17.8 Å². The molecule has 3 amide bonds. The van der Waals surface area contributed by atoms with Gasteiger partial charge in [0.15, 0.2) is 0 Å². The molecule has 0 atom stereocenters. The van der Waals surface area contributed by atoms with Gasteiger partial charge in [-0.15, -0.1) is 0 Å². The van der Waals surface area contributed by atoms with Gasteiger partial charge in [-0.3, -0.25) is 9.69 Å². The van der Waals surface area contributed by atoms with Gasteiger partial charge in [-0.05, 0) is 73.9 Å². The van der Waals surface area contributed by atoms with Crippen LogP contribution in [0.25, 0.3) is 0 Å². The highest BCUT2D eigenvalue weighted by atomic mass is 19.1. The summed E-state index contributed by atoms with van der Waals surface area (Å²) in [5.74, 6) is -0.460. The van der Waals surface area contributed by atoms with Crippen LogP contribution < -0.4 is 15.5 Å². The highest BCUT2D eigenvalue weighted by Gasteiger charge is 2.18. The number of carbonyl (C=O) groups excluding carboxylic acids is 2. The molecule has 0 fully saturated rings. The lowest BCUT2D eigenvalue weighted by atomic mass is 10.1. The number of aryl methyl sites for hydroxylation is 1. The van der Waals surface area contributed by atoms with Crippen molar-refractivity contribution in [1.29, 1.82) is 0 Å². The summed E-state index contributed by atoms with van der Waals surface area (Å²) in [7, 11) is 0. The maximum atomic E-state index is 13.3. The SMILES string of the molecule is Cc1cccc(NC(=O)Cc2cccc(N(Cc3ccc(F)cc3)C(=O)NC(C)C)c2)c1. The number of hydrogen-bond acceptors (Lipinski definition) is 2. The Hall–Kier alpha value is -3.67. The minimum Gasteiger partial charge on any atom is -0.336 e. The van der Waals surface area contributed by atoms with Crippen LogP contribution >= 0.6 is 0 Å². The molecule has 0 saturated carbocycles. The summed E-state index contributed by atoms with van der Waals surface area (Å²) >= 11 is 0. The zero-order valence-electron chi connectivity index (χ0n) is 18.6. The summed E-state index contributed by atoms with van der Waals surface area (Å²) in [6.07, 6.45) is 0.179. The van der Waals surface area contributed by atoms with Crippen molar-refractivity contribution in [1.82, 2.24) is 5.32 Å². The molecule has 3 aromatic rings. The van der Waals surface area contributed by atoms with Gasteiger partial charge in [0.1, 0.15) is 5.82 Å². The molecule has 0 radical (unpaired) electrons. The second-order valence-electron chi connectivity index (χ2n) is 8.08. The van der Waals surface area contributed by atoms with E-state index < -0.39 is 0 Å². The van der Waals surface area contributed by atoms with Gasteiger partial charge in [0.05, 0.1) is 13.0 Å². The number of anilines is 2. The van der Waals surface area contributed by atoms with Crippen molar-refractivity contribution >= 4 is 23.3 Å². The van der Waals surface area contributed by atoms with E-state index in [1.165, 1.54) is 12.1 Å². The van der Waals surface area contributed by atoms with Crippen LogP contribution in [0.2, 0.25) is 0 Å². The number of halogens is 1. The summed E-state index contributed by atoms with van der Waals surface area (Å²) in [5.41, 5.74) is 4.06. The third-order valence-corrected chi connectivity index (χ3v) is 4.80. The number of hydrogen-bond donors (Lipinski definition) is 2. The van der Waals surface area contributed by atoms with E-state index >= 15 is 0 Å². The lowest BCUT2D eigenvalue weighted by molar-refractivity contribution is -0.115. The first kappa shape index (κ1) is 23.0. The number of rotatable bonds is 7. The van der Waals surface area contributed by atoms with Crippen molar-refractivity contribution in [3.05, 3.63) is 95.3 Å². The minimum absolute atomic E-state index is 0.0403. The molecule has 3 aromatic carbocycles. The van der Waals surface area contributed by atoms with Crippen molar-refractivity contribution in [2.24, 2.45) is 0 Å². The molecule has 0 aliphatic rings. The zero-order valence-corrected chi connectivity index (χ0v) is 18.6. The average Bonchev–Trinajstić information content (AvgIpc) is 2.73. The largest absolute Gasteiger partial charge is 0.336 e. The first-order valence-electron chi connectivity index (χ1n) is 10.6. The van der Waals surface area contributed by atoms with E-state index in [9.17, 15) is 14.0 Å². The number of nitrogens with zero attached hydrogens (tertiary/aromatic N) is 1. The lowest BCUT2D eigenvalue weighted by Crippen LogP contribution is -2.42. The normalized spacial score (nSPS) is 10.7. The quantitative estimate of drug-likeness (QED) is 0.521. The second-order valence-corrected chi connectivity index (χ2v) is 8.08. The molecular formula is C26H28FN3O2. The first-order valence-corrected chi connectivity index (χ1v) is 10.6. The number of urea groups is 1. The van der Waals surface area contributed by atoms with Crippen LogP contribution in [-0.4, -0.2) is 18.0 Å². The molecule has 2 N–H and O–H groups in total. The van der Waals surface area contributed by atoms with E-state index in [0.717, 1.165) is 22.4 Å². The smallest absolute Gasteiger partial charge is 0.322 e. The predicted octanol–water partition coefficient (Wildman–Crippen LogP) is 5.44. The number of benzene rings is 3. The molecule has 0 unspecified atom stereocenters. The van der Waals surface area contributed by atoms with E-state index in [1.54, 1.807) is 17.0 Å². The summed E-state index contributed by atoms with van der Waals surface area (Å²) in [5, 5.41) is 5.81. The average molecular weight is 434 g/mol. The third kappa shape index (κ3) is 6.67. The Labute approximate surface area is 188 Å². The Balaban J connectivity index is 1.79. The minimum atomic E-state index is -0.325. The molecule has 0 bridgehead atoms. The fourth-order valence-corrected chi connectivity index (χ4v) is 3.33. The Kier molecular flexibility index (Phi) is 7.60. The predicted molar refractivity (Wildman–Crippen MR) is 126 cm³/mol. The fraction of sp³-hybridized carbons (Fsp3) is 0.231. The van der Waals surface area contributed by atoms with Crippen molar-refractivity contribution in [2.45, 2.75) is 39.8 Å². The van der Waals surface area contributed by atoms with Gasteiger partial charge in [0.25, 0.3) is 0 Å². The molecule has 32 heavy (non-hydrogen) atoms. The van der Waals surface area contributed by atoms with Crippen molar-refractivity contribution in [3.63, 3.8) is 0 Å². The fourth-order valence-electron chi connectivity index (χ4n) is 3.33. The molecule has 0 saturated heterocycles. The number of nitrogens with one attached hydrogen (secondary N) is 2. The Morgan fingerprint density at radius 2 is 1.66 bits per heavy atom. The van der Waals surface area contributed by atoms with Crippen LogP contribution in [0.3, 0.4) is 0 Å². The first-order chi connectivity index (χ1) is 15.3. The zero-order chi connectivity index (χ0) is 23.1. The molecule has 0 aromatic heterocycles. The van der Waals surface area contributed by atoms with E-state index in [2.05, 4.69) is 10.6 Å². The molecule has 0 aliphatic carbocycles. The molecule has 166 valence electrons. The Bertz CT molecular complexity index is 1080. The number of carbonyl (C=O) groups is 2. The van der Waals surface area contributed by atoms with E-state index in [-0.39, 0.29) is 36.8 Å². The van der Waals surface area contributed by atoms with Crippen LogP contribution in [0.4, 0.5) is 20.6 Å². The monoisotopic (exact) mass is 433 g/mol. The molecule has 0 spiro atoms. The van der Waals surface area contributed by atoms with Crippen LogP contribution in [0.5, 0.6) is 0 Å². The molecule has 0 aliphatic heterocycles. The van der Waals surface area contributed by atoms with Crippen molar-refractivity contribution in [2.75, 3.05) is 10.2 Å². The van der Waals surface area contributed by atoms with E-state index in [0.29, 0.717) is 5.69 Å². The van der Waals surface area contributed by atoms with Gasteiger partial charge >= 0.3 is 6.03 Å². The lowest BCUT2D eigenvalue weighted by Gasteiger charge is -2.25. The number of amides is 3. The molecule has 0 heterocycles. The summed E-state index contributed by atoms with van der Waals surface area (Å²) in [6, 6.07) is 20.7. The Morgan fingerprint density at radius 1 is 0.938 bits per heavy atom. The second kappa shape index (κ2) is 10.6. The molecular weight excluding hydrogens is 405 g/mol. The summed E-state index contributed by atoms with van der Waals surface area (Å²) < 4.78 is 13.3. The van der Waals surface area contributed by atoms with Gasteiger partial charge in [0.2, 0.25) is 5.91 Å². The highest BCUT2D eigenvalue weighted by molar-refractivity contribution is 5.94. The topological polar surface area (TPSA) is 61.4 Å². The van der Waals surface area contributed by atoms with Crippen LogP contribution in [0, 0.1) is 12.7 Å². The van der Waals surface area contributed by atoms with Gasteiger partial charge in [0, 0.05) is 17.4 Å². The Morgan fingerprint density at radius 3 is 2.34 bits per heavy atom. The van der Waals surface area contributed by atoms with Gasteiger partial charge < -0.3 is 10.6 Å². The molecule has 3 rings (SSSR count). The van der Waals surface area contributed by atoms with Crippen LogP contribution in [0.1, 0.15) is 30.5 Å². The van der Waals surface area contributed by atoms with Gasteiger partial charge in [-0.25, -0.2) is 9.18 Å². The van der Waals surface area contributed by atoms with E-state index in [1.807, 2.05) is 69.3 Å². The van der Waals surface area contributed by atoms with Gasteiger partial charge in [-0.2, -0.15) is 0 Å². The summed E-state index contributed by atoms with van der Waals surface area (Å²) in [6.45, 7) is 6.02. The molecule has 6 heteroatoms. The maximum absolute atomic E-state index is 13.3. The van der Waals surface area contributed by atoms with Crippen molar-refractivity contribution in [3.8, 4) is 0 Å². The standard InChI is InChI=1S/C26H28FN3O2/c1-18(2)28-26(32)30(17-20-10-12-22(27)13-11-20)24-9-5-7-21(15-24)16-25(31)29-23-8-4-6-19(3)14-23/h4-15,18H,16-17H2,1-3H3,(H,28,32)(H,29,31). The van der Waals surface area contributed by atoms with Crippen LogP contribution in [0.15, 0.2) is 72.8 Å².